The zero-order chi connectivity index (χ0) is 13.8. The van der Waals surface area contributed by atoms with Crippen molar-refractivity contribution in [2.45, 2.75) is 65.4 Å². The summed E-state index contributed by atoms with van der Waals surface area (Å²) in [5.74, 6) is 1.15. The maximum Gasteiger partial charge on any atom is 0.138 e. The summed E-state index contributed by atoms with van der Waals surface area (Å²) >= 11 is 0. The van der Waals surface area contributed by atoms with Crippen LogP contribution in [0.15, 0.2) is 0 Å². The molecule has 0 N–H and O–H groups in total. The monoisotopic (exact) mass is 276 g/mol. The second-order valence-corrected chi connectivity index (χ2v) is 9.61. The van der Waals surface area contributed by atoms with Crippen molar-refractivity contribution in [3.63, 3.8) is 0 Å². The number of ketones is 1. The number of carbonyl (C=O) groups excluding carboxylic acids is 1. The molecule has 0 amide bonds. The van der Waals surface area contributed by atoms with Gasteiger partial charge in [0, 0.05) is 21.8 Å². The summed E-state index contributed by atoms with van der Waals surface area (Å²) in [6.07, 6.45) is 0. The predicted molar refractivity (Wildman–Crippen MR) is 82.6 cm³/mol. The van der Waals surface area contributed by atoms with Crippen LogP contribution in [0.4, 0.5) is 0 Å². The van der Waals surface area contributed by atoms with Gasteiger partial charge >= 0.3 is 0 Å². The Morgan fingerprint density at radius 2 is 1.47 bits per heavy atom. The van der Waals surface area contributed by atoms with Crippen LogP contribution in [0.2, 0.25) is 0 Å². The SMILES string of the molecule is CC(C)C(=O)C(C)C(C)C(C)SSC(C)(C)C. The van der Waals surface area contributed by atoms with Crippen LogP contribution in [0.1, 0.15) is 55.4 Å². The van der Waals surface area contributed by atoms with E-state index in [4.69, 9.17) is 0 Å². The summed E-state index contributed by atoms with van der Waals surface area (Å²) in [6.45, 7) is 17.2. The van der Waals surface area contributed by atoms with Gasteiger partial charge in [0.15, 0.2) is 0 Å². The first kappa shape index (κ1) is 17.4. The molecular formula is C14H28OS2. The minimum absolute atomic E-state index is 0.153. The van der Waals surface area contributed by atoms with Crippen molar-refractivity contribution in [1.29, 1.82) is 0 Å². The van der Waals surface area contributed by atoms with E-state index in [0.717, 1.165) is 0 Å². The maximum atomic E-state index is 12.0. The van der Waals surface area contributed by atoms with Crippen LogP contribution in [-0.4, -0.2) is 15.8 Å². The van der Waals surface area contributed by atoms with E-state index < -0.39 is 0 Å². The molecule has 3 heteroatoms. The molecule has 1 nitrogen and oxygen atoms in total. The lowest BCUT2D eigenvalue weighted by Gasteiger charge is -2.27. The molecule has 0 fully saturated rings. The molecule has 0 aliphatic carbocycles. The van der Waals surface area contributed by atoms with E-state index in [1.54, 1.807) is 0 Å². The Hall–Kier alpha value is 0.370. The third-order valence-corrected chi connectivity index (χ3v) is 7.03. The number of carbonyl (C=O) groups is 1. The van der Waals surface area contributed by atoms with E-state index in [1.165, 1.54) is 0 Å². The first-order valence-electron chi connectivity index (χ1n) is 6.44. The Labute approximate surface area is 115 Å². The average Bonchev–Trinajstić information content (AvgIpc) is 2.21. The highest BCUT2D eigenvalue weighted by Crippen LogP contribution is 2.41. The Morgan fingerprint density at radius 1 is 1.00 bits per heavy atom. The molecule has 0 rings (SSSR count). The fourth-order valence-corrected chi connectivity index (χ4v) is 4.20. The van der Waals surface area contributed by atoms with Gasteiger partial charge in [0.1, 0.15) is 5.78 Å². The Balaban J connectivity index is 4.30. The molecule has 0 aliphatic heterocycles. The lowest BCUT2D eigenvalue weighted by molar-refractivity contribution is -0.126. The summed E-state index contributed by atoms with van der Waals surface area (Å²) in [5, 5.41) is 0.511. The Bertz CT molecular complexity index is 243. The molecule has 0 aromatic rings. The third-order valence-electron chi connectivity index (χ3n) is 3.00. The minimum Gasteiger partial charge on any atom is -0.299 e. The van der Waals surface area contributed by atoms with Gasteiger partial charge < -0.3 is 0 Å². The topological polar surface area (TPSA) is 17.1 Å². The van der Waals surface area contributed by atoms with Gasteiger partial charge in [0.25, 0.3) is 0 Å². The maximum absolute atomic E-state index is 12.0. The lowest BCUT2D eigenvalue weighted by Crippen LogP contribution is -2.28. The third kappa shape index (κ3) is 6.76. The van der Waals surface area contributed by atoms with Crippen LogP contribution >= 0.6 is 21.6 Å². The standard InChI is InChI=1S/C14H28OS2/c1-9(2)13(15)11(4)10(3)12(5)16-17-14(6,7)8/h9-12H,1-8H3. The molecular weight excluding hydrogens is 248 g/mol. The molecule has 0 aliphatic rings. The lowest BCUT2D eigenvalue weighted by atomic mass is 9.85. The molecule has 0 saturated carbocycles. The summed E-state index contributed by atoms with van der Waals surface area (Å²) < 4.78 is 0.282. The molecule has 3 unspecified atom stereocenters. The largest absolute Gasteiger partial charge is 0.299 e. The fraction of sp³-hybridized carbons (Fsp3) is 0.929. The van der Waals surface area contributed by atoms with Gasteiger partial charge in [0.2, 0.25) is 0 Å². The van der Waals surface area contributed by atoms with Gasteiger partial charge in [-0.05, 0) is 5.92 Å². The number of hydrogen-bond acceptors (Lipinski definition) is 3. The summed E-state index contributed by atoms with van der Waals surface area (Å²) in [6, 6.07) is 0. The smallest absolute Gasteiger partial charge is 0.138 e. The van der Waals surface area contributed by atoms with Crippen molar-refractivity contribution in [3.8, 4) is 0 Å². The van der Waals surface area contributed by atoms with Gasteiger partial charge in [-0.2, -0.15) is 0 Å². The predicted octanol–water partition coefficient (Wildman–Crippen LogP) is 5.05. The second kappa shape index (κ2) is 7.08. The molecule has 0 aromatic heterocycles. The van der Waals surface area contributed by atoms with Gasteiger partial charge in [-0.3, -0.25) is 4.79 Å². The second-order valence-electron chi connectivity index (χ2n) is 6.20. The highest BCUT2D eigenvalue weighted by Gasteiger charge is 2.27. The van der Waals surface area contributed by atoms with Gasteiger partial charge in [-0.25, -0.2) is 0 Å². The highest BCUT2D eigenvalue weighted by atomic mass is 33.1. The molecule has 0 aromatic carbocycles. The van der Waals surface area contributed by atoms with Crippen molar-refractivity contribution in [3.05, 3.63) is 0 Å². The van der Waals surface area contributed by atoms with Crippen LogP contribution in [0.25, 0.3) is 0 Å². The molecule has 3 atom stereocenters. The molecule has 0 radical (unpaired) electrons. The molecule has 17 heavy (non-hydrogen) atoms. The molecule has 0 spiro atoms. The Morgan fingerprint density at radius 3 is 1.82 bits per heavy atom. The van der Waals surface area contributed by atoms with Crippen molar-refractivity contribution in [2.75, 3.05) is 0 Å². The van der Waals surface area contributed by atoms with Crippen molar-refractivity contribution in [2.24, 2.45) is 17.8 Å². The summed E-state index contributed by atoms with van der Waals surface area (Å²) in [7, 11) is 3.83. The molecule has 102 valence electrons. The highest BCUT2D eigenvalue weighted by molar-refractivity contribution is 8.77. The Kier molecular flexibility index (Phi) is 7.23. The van der Waals surface area contributed by atoms with Gasteiger partial charge in [0.05, 0.1) is 0 Å². The summed E-state index contributed by atoms with van der Waals surface area (Å²) in [4.78, 5) is 12.0. The van der Waals surface area contributed by atoms with E-state index in [9.17, 15) is 4.79 Å². The molecule has 0 heterocycles. The van der Waals surface area contributed by atoms with Gasteiger partial charge in [-0.15, -0.1) is 0 Å². The van der Waals surface area contributed by atoms with Crippen LogP contribution in [0, 0.1) is 17.8 Å². The van der Waals surface area contributed by atoms with Crippen molar-refractivity contribution >= 4 is 27.4 Å². The zero-order valence-electron chi connectivity index (χ0n) is 12.5. The zero-order valence-corrected chi connectivity index (χ0v) is 14.2. The van der Waals surface area contributed by atoms with Crippen molar-refractivity contribution < 1.29 is 4.79 Å². The van der Waals surface area contributed by atoms with Crippen LogP contribution in [0.5, 0.6) is 0 Å². The van der Waals surface area contributed by atoms with Gasteiger partial charge in [-0.1, -0.05) is 77.0 Å². The van der Waals surface area contributed by atoms with E-state index in [-0.39, 0.29) is 16.6 Å². The van der Waals surface area contributed by atoms with E-state index in [2.05, 4.69) is 41.5 Å². The first-order valence-corrected chi connectivity index (χ1v) is 8.65. The first-order chi connectivity index (χ1) is 7.56. The van der Waals surface area contributed by atoms with E-state index in [1.807, 2.05) is 35.4 Å². The van der Waals surface area contributed by atoms with Crippen LogP contribution in [0.3, 0.4) is 0 Å². The number of hydrogen-bond donors (Lipinski definition) is 0. The van der Waals surface area contributed by atoms with E-state index in [0.29, 0.717) is 17.0 Å². The quantitative estimate of drug-likeness (QED) is 0.632. The molecule has 0 saturated heterocycles. The number of rotatable bonds is 6. The van der Waals surface area contributed by atoms with Crippen LogP contribution in [-0.2, 0) is 4.79 Å². The van der Waals surface area contributed by atoms with E-state index >= 15 is 0 Å². The summed E-state index contributed by atoms with van der Waals surface area (Å²) in [5.41, 5.74) is 0. The number of Topliss-reactive ketones (excluding diaryl/α,β-unsaturated/α-hetero) is 1. The fourth-order valence-electron chi connectivity index (χ4n) is 1.50. The minimum atomic E-state index is 0.153. The molecule has 0 bridgehead atoms. The van der Waals surface area contributed by atoms with Crippen molar-refractivity contribution in [1.82, 2.24) is 0 Å². The normalized spacial score (nSPS) is 17.9. The van der Waals surface area contributed by atoms with Crippen LogP contribution < -0.4 is 0 Å². The average molecular weight is 277 g/mol.